The second-order valence-electron chi connectivity index (χ2n) is 8.50. The number of anilines is 1. The van der Waals surface area contributed by atoms with Crippen LogP contribution in [-0.4, -0.2) is 55.4 Å². The van der Waals surface area contributed by atoms with Crippen LogP contribution in [0.15, 0.2) is 59.6 Å². The van der Waals surface area contributed by atoms with Crippen molar-refractivity contribution in [3.05, 3.63) is 65.3 Å². The Labute approximate surface area is 226 Å². The van der Waals surface area contributed by atoms with Crippen molar-refractivity contribution in [3.63, 3.8) is 0 Å². The van der Waals surface area contributed by atoms with Gasteiger partial charge in [-0.25, -0.2) is 13.4 Å². The summed E-state index contributed by atoms with van der Waals surface area (Å²) in [6.45, 7) is -1.35. The molecular formula is C25H22ClF3N2O7S. The zero-order valence-corrected chi connectivity index (χ0v) is 21.6. The number of rotatable bonds is 9. The number of fused-ring (bicyclic) bond motifs is 1. The molecule has 0 bridgehead atoms. The normalized spacial score (nSPS) is 15.4. The summed E-state index contributed by atoms with van der Waals surface area (Å²) in [6.07, 6.45) is -5.78. The highest BCUT2D eigenvalue weighted by atomic mass is 35.5. The molecule has 2 N–H and O–H groups in total. The molecule has 0 spiro atoms. The number of hydrogen-bond acceptors (Lipinski definition) is 7. The third-order valence-electron chi connectivity index (χ3n) is 5.77. The van der Waals surface area contributed by atoms with Gasteiger partial charge in [-0.1, -0.05) is 29.8 Å². The maximum atomic E-state index is 14.0. The number of sulfonamides is 1. The number of pyridine rings is 1. The first-order valence-electron chi connectivity index (χ1n) is 11.5. The molecule has 4 rings (SSSR count). The molecule has 0 unspecified atom stereocenters. The number of ether oxygens (including phenoxy) is 2. The molecule has 0 amide bonds. The average Bonchev–Trinajstić information content (AvgIpc) is 2.89. The number of aliphatic carboxylic acids is 1. The molecular weight excluding hydrogens is 565 g/mol. The van der Waals surface area contributed by atoms with E-state index in [0.717, 1.165) is 4.31 Å². The number of carboxylic acids is 1. The van der Waals surface area contributed by atoms with Gasteiger partial charge in [0.2, 0.25) is 5.88 Å². The van der Waals surface area contributed by atoms with E-state index in [1.54, 1.807) is 30.3 Å². The van der Waals surface area contributed by atoms with Crippen LogP contribution in [0.25, 0.3) is 11.1 Å². The van der Waals surface area contributed by atoms with E-state index in [1.165, 1.54) is 12.1 Å². The molecule has 0 radical (unpaired) electrons. The summed E-state index contributed by atoms with van der Waals surface area (Å²) < 4.78 is 80.4. The fourth-order valence-electron chi connectivity index (χ4n) is 3.96. The van der Waals surface area contributed by atoms with E-state index in [2.05, 4.69) is 4.98 Å². The number of alkyl halides is 3. The van der Waals surface area contributed by atoms with Gasteiger partial charge in [-0.2, -0.15) is 13.2 Å². The van der Waals surface area contributed by atoms with E-state index in [-0.39, 0.29) is 24.3 Å². The highest BCUT2D eigenvalue weighted by molar-refractivity contribution is 7.93. The van der Waals surface area contributed by atoms with Crippen molar-refractivity contribution in [2.75, 3.05) is 24.1 Å². The van der Waals surface area contributed by atoms with Crippen LogP contribution in [0, 0.1) is 0 Å². The lowest BCUT2D eigenvalue weighted by atomic mass is 10.0. The molecule has 9 nitrogen and oxygen atoms in total. The molecule has 3 aromatic rings. The van der Waals surface area contributed by atoms with Gasteiger partial charge in [-0.15, -0.1) is 0 Å². The Balaban J connectivity index is 1.87. The monoisotopic (exact) mass is 586 g/mol. The number of halogens is 4. The highest BCUT2D eigenvalue weighted by Gasteiger charge is 2.39. The highest BCUT2D eigenvalue weighted by Crippen LogP contribution is 2.42. The summed E-state index contributed by atoms with van der Waals surface area (Å²) in [7, 11) is -4.79. The summed E-state index contributed by atoms with van der Waals surface area (Å²) in [5.41, 5.74) is -0.114. The van der Waals surface area contributed by atoms with Crippen molar-refractivity contribution in [2.45, 2.75) is 30.0 Å². The smallest absolute Gasteiger partial charge is 0.417 e. The van der Waals surface area contributed by atoms with Gasteiger partial charge in [0.25, 0.3) is 10.0 Å². The Bertz CT molecular complexity index is 1480. The number of carbonyl (C=O) groups is 1. The molecule has 0 saturated heterocycles. The number of hydrogen-bond donors (Lipinski definition) is 2. The van der Waals surface area contributed by atoms with Crippen LogP contribution in [-0.2, 0) is 21.0 Å². The van der Waals surface area contributed by atoms with Gasteiger partial charge < -0.3 is 19.7 Å². The van der Waals surface area contributed by atoms with Crippen molar-refractivity contribution >= 4 is 33.3 Å². The van der Waals surface area contributed by atoms with E-state index >= 15 is 0 Å². The van der Waals surface area contributed by atoms with E-state index in [9.17, 15) is 26.4 Å². The van der Waals surface area contributed by atoms with E-state index in [0.29, 0.717) is 28.4 Å². The molecule has 0 fully saturated rings. The maximum absolute atomic E-state index is 14.0. The van der Waals surface area contributed by atoms with Gasteiger partial charge in [0.1, 0.15) is 18.5 Å². The summed E-state index contributed by atoms with van der Waals surface area (Å²) in [6, 6.07) is 11.8. The minimum absolute atomic E-state index is 0.0181. The largest absolute Gasteiger partial charge is 0.486 e. The van der Waals surface area contributed by atoms with E-state index < -0.39 is 64.4 Å². The SMILES string of the molecule is O=C(O)CC[C@H]1CN(S(=O)(=O)c2cc(C(F)(F)F)cnc2OCCO)c2cc(-c3cccc(Cl)c3)ccc2O1. The minimum Gasteiger partial charge on any atom is -0.486 e. The summed E-state index contributed by atoms with van der Waals surface area (Å²) in [5, 5.41) is 18.6. The van der Waals surface area contributed by atoms with Crippen LogP contribution in [0.4, 0.5) is 18.9 Å². The average molecular weight is 587 g/mol. The predicted molar refractivity (Wildman–Crippen MR) is 135 cm³/mol. The summed E-state index contributed by atoms with van der Waals surface area (Å²) >= 11 is 6.10. The number of benzene rings is 2. The molecule has 0 aliphatic carbocycles. The number of aliphatic hydroxyl groups excluding tert-OH is 1. The Morgan fingerprint density at radius 3 is 2.59 bits per heavy atom. The van der Waals surface area contributed by atoms with Gasteiger partial charge in [0.05, 0.1) is 24.4 Å². The summed E-state index contributed by atoms with van der Waals surface area (Å²) in [5.74, 6) is -1.67. The molecule has 39 heavy (non-hydrogen) atoms. The molecule has 2 heterocycles. The number of aromatic nitrogens is 1. The molecule has 2 aromatic carbocycles. The topological polar surface area (TPSA) is 126 Å². The standard InChI is InChI=1S/C25H22ClF3N2O7S/c26-18-3-1-2-15(10-18)16-4-6-21-20(11-16)31(14-19(38-21)5-7-23(33)34)39(35,36)22-12-17(25(27,28)29)13-30-24(22)37-9-8-32/h1-4,6,10-13,19,32H,5,7-9,14H2,(H,33,34)/t19-/m0/s1. The number of aliphatic hydroxyl groups is 1. The molecule has 1 aliphatic heterocycles. The third kappa shape index (κ3) is 6.37. The molecule has 1 aliphatic rings. The van der Waals surface area contributed by atoms with Crippen molar-refractivity contribution in [3.8, 4) is 22.8 Å². The number of nitrogens with zero attached hydrogens (tertiary/aromatic N) is 2. The van der Waals surface area contributed by atoms with Crippen LogP contribution in [0.5, 0.6) is 11.6 Å². The van der Waals surface area contributed by atoms with Crippen LogP contribution in [0.2, 0.25) is 5.02 Å². The van der Waals surface area contributed by atoms with Gasteiger partial charge in [0.15, 0.2) is 4.90 Å². The minimum atomic E-state index is -4.90. The Kier molecular flexibility index (Phi) is 8.23. The molecule has 208 valence electrons. The first-order valence-corrected chi connectivity index (χ1v) is 13.3. The van der Waals surface area contributed by atoms with Crippen molar-refractivity contribution in [1.82, 2.24) is 4.98 Å². The van der Waals surface area contributed by atoms with Gasteiger partial charge in [0, 0.05) is 17.6 Å². The van der Waals surface area contributed by atoms with Crippen LogP contribution in [0.3, 0.4) is 0 Å². The molecule has 1 atom stereocenters. The lowest BCUT2D eigenvalue weighted by Gasteiger charge is -2.36. The zero-order chi connectivity index (χ0) is 28.4. The molecule has 1 aromatic heterocycles. The lowest BCUT2D eigenvalue weighted by Crippen LogP contribution is -2.44. The fraction of sp³-hybridized carbons (Fsp3) is 0.280. The Hall–Kier alpha value is -3.55. The number of carboxylic acid groups (broad SMARTS) is 1. The first kappa shape index (κ1) is 28.5. The Morgan fingerprint density at radius 2 is 1.92 bits per heavy atom. The van der Waals surface area contributed by atoms with Crippen molar-refractivity contribution in [1.29, 1.82) is 0 Å². The first-order chi connectivity index (χ1) is 18.4. The van der Waals surface area contributed by atoms with Crippen LogP contribution < -0.4 is 13.8 Å². The fourth-order valence-corrected chi connectivity index (χ4v) is 5.76. The second-order valence-corrected chi connectivity index (χ2v) is 10.8. The second kappa shape index (κ2) is 11.3. The van der Waals surface area contributed by atoms with Gasteiger partial charge in [-0.3, -0.25) is 9.10 Å². The summed E-state index contributed by atoms with van der Waals surface area (Å²) in [4.78, 5) is 13.8. The van der Waals surface area contributed by atoms with E-state index in [4.69, 9.17) is 31.3 Å². The van der Waals surface area contributed by atoms with Crippen LogP contribution in [0.1, 0.15) is 18.4 Å². The maximum Gasteiger partial charge on any atom is 0.417 e. The third-order valence-corrected chi connectivity index (χ3v) is 7.78. The quantitative estimate of drug-likeness (QED) is 0.372. The molecule has 14 heteroatoms. The van der Waals surface area contributed by atoms with Crippen molar-refractivity contribution < 1.29 is 46.1 Å². The Morgan fingerprint density at radius 1 is 1.18 bits per heavy atom. The van der Waals surface area contributed by atoms with E-state index in [1.807, 2.05) is 0 Å². The van der Waals surface area contributed by atoms with Gasteiger partial charge in [-0.05, 0) is 47.9 Å². The lowest BCUT2D eigenvalue weighted by molar-refractivity contribution is -0.138. The molecule has 0 saturated carbocycles. The van der Waals surface area contributed by atoms with Crippen molar-refractivity contribution in [2.24, 2.45) is 0 Å². The van der Waals surface area contributed by atoms with Crippen LogP contribution >= 0.6 is 11.6 Å². The predicted octanol–water partition coefficient (Wildman–Crippen LogP) is 4.61. The zero-order valence-electron chi connectivity index (χ0n) is 20.1. The van der Waals surface area contributed by atoms with Gasteiger partial charge >= 0.3 is 12.1 Å².